The average molecular weight is 394 g/mol. The van der Waals surface area contributed by atoms with Crippen molar-refractivity contribution >= 4 is 22.2 Å². The molecule has 0 aliphatic carbocycles. The molecule has 3 rings (SSSR count). The number of esters is 1. The van der Waals surface area contributed by atoms with Gasteiger partial charge >= 0.3 is 5.97 Å². The van der Waals surface area contributed by atoms with Crippen molar-refractivity contribution in [2.75, 3.05) is 0 Å². The first-order valence-electron chi connectivity index (χ1n) is 8.43. The van der Waals surface area contributed by atoms with Crippen LogP contribution in [0.3, 0.4) is 0 Å². The number of carbonyl (C=O) groups excluding carboxylic acids is 1. The Kier molecular flexibility index (Phi) is 5.86. The second-order valence-electron chi connectivity index (χ2n) is 5.94. The van der Waals surface area contributed by atoms with E-state index < -0.39 is 16.0 Å². The van der Waals surface area contributed by atoms with E-state index in [4.69, 9.17) is 4.74 Å². The third-order valence-electron chi connectivity index (χ3n) is 3.90. The van der Waals surface area contributed by atoms with Gasteiger partial charge in [-0.1, -0.05) is 36.4 Å². The van der Waals surface area contributed by atoms with E-state index in [-0.39, 0.29) is 4.90 Å². The van der Waals surface area contributed by atoms with Gasteiger partial charge in [-0.2, -0.15) is 13.5 Å². The molecule has 1 N–H and O–H groups in total. The number of hydrogen-bond acceptors (Lipinski definition) is 5. The molecule has 142 valence electrons. The van der Waals surface area contributed by atoms with Crippen molar-refractivity contribution in [1.29, 1.82) is 0 Å². The van der Waals surface area contributed by atoms with Crippen LogP contribution in [0, 0.1) is 6.92 Å². The van der Waals surface area contributed by atoms with E-state index >= 15 is 0 Å². The predicted molar refractivity (Wildman–Crippen MR) is 107 cm³/mol. The van der Waals surface area contributed by atoms with Crippen LogP contribution in [0.25, 0.3) is 0 Å². The van der Waals surface area contributed by atoms with E-state index in [9.17, 15) is 13.2 Å². The topological polar surface area (TPSA) is 84.8 Å². The van der Waals surface area contributed by atoms with Crippen LogP contribution < -0.4 is 9.57 Å². The minimum Gasteiger partial charge on any atom is -0.423 e. The largest absolute Gasteiger partial charge is 0.423 e. The first-order valence-corrected chi connectivity index (χ1v) is 9.92. The van der Waals surface area contributed by atoms with Crippen LogP contribution in [0.15, 0.2) is 88.9 Å². The number of nitrogens with zero attached hydrogens (tertiary/aromatic N) is 1. The number of ether oxygens (including phenoxy) is 1. The molecular formula is C21H18N2O4S. The molecule has 7 heteroatoms. The third-order valence-corrected chi connectivity index (χ3v) is 5.13. The van der Waals surface area contributed by atoms with Crippen LogP contribution >= 0.6 is 0 Å². The lowest BCUT2D eigenvalue weighted by Crippen LogP contribution is -2.18. The first kappa shape index (κ1) is 19.3. The van der Waals surface area contributed by atoms with Gasteiger partial charge in [-0.3, -0.25) is 0 Å². The maximum Gasteiger partial charge on any atom is 0.343 e. The van der Waals surface area contributed by atoms with Crippen molar-refractivity contribution in [1.82, 2.24) is 4.83 Å². The van der Waals surface area contributed by atoms with Crippen molar-refractivity contribution in [3.63, 3.8) is 0 Å². The lowest BCUT2D eigenvalue weighted by molar-refractivity contribution is 0.0734. The summed E-state index contributed by atoms with van der Waals surface area (Å²) in [4.78, 5) is 14.5. The van der Waals surface area contributed by atoms with Gasteiger partial charge in [0.25, 0.3) is 10.0 Å². The van der Waals surface area contributed by atoms with Crippen molar-refractivity contribution in [2.24, 2.45) is 5.10 Å². The Morgan fingerprint density at radius 1 is 0.929 bits per heavy atom. The van der Waals surface area contributed by atoms with E-state index in [1.807, 2.05) is 19.1 Å². The average Bonchev–Trinajstić information content (AvgIpc) is 2.70. The van der Waals surface area contributed by atoms with Crippen molar-refractivity contribution in [3.8, 4) is 5.75 Å². The smallest absolute Gasteiger partial charge is 0.343 e. The Balaban J connectivity index is 1.62. The van der Waals surface area contributed by atoms with Gasteiger partial charge in [0.05, 0.1) is 16.7 Å². The van der Waals surface area contributed by atoms with E-state index in [1.165, 1.54) is 18.3 Å². The number of aryl methyl sites for hydroxylation is 1. The Bertz CT molecular complexity index is 1090. The van der Waals surface area contributed by atoms with Gasteiger partial charge in [-0.25, -0.2) is 9.63 Å². The molecule has 3 aromatic rings. The van der Waals surface area contributed by atoms with Gasteiger partial charge in [0.1, 0.15) is 5.75 Å². The van der Waals surface area contributed by atoms with Crippen LogP contribution in [0.5, 0.6) is 5.75 Å². The van der Waals surface area contributed by atoms with Crippen LogP contribution in [0.1, 0.15) is 21.5 Å². The minimum atomic E-state index is -3.71. The normalized spacial score (nSPS) is 11.3. The second kappa shape index (κ2) is 8.49. The number of nitrogens with one attached hydrogen (secondary N) is 1. The second-order valence-corrected chi connectivity index (χ2v) is 7.60. The van der Waals surface area contributed by atoms with E-state index in [1.54, 1.807) is 54.6 Å². The van der Waals surface area contributed by atoms with E-state index in [0.717, 1.165) is 5.56 Å². The molecule has 0 amide bonds. The Labute approximate surface area is 163 Å². The molecule has 0 saturated carbocycles. The van der Waals surface area contributed by atoms with Crippen LogP contribution in [0.2, 0.25) is 0 Å². The van der Waals surface area contributed by atoms with Gasteiger partial charge < -0.3 is 4.74 Å². The van der Waals surface area contributed by atoms with E-state index in [2.05, 4.69) is 9.93 Å². The summed E-state index contributed by atoms with van der Waals surface area (Å²) in [7, 11) is -3.71. The molecule has 0 bridgehead atoms. The SMILES string of the molecule is Cc1ccccc1C(=O)Oc1ccc(/C=N\NS(=O)(=O)c2ccccc2)cc1. The Morgan fingerprint density at radius 2 is 1.57 bits per heavy atom. The highest BCUT2D eigenvalue weighted by Gasteiger charge is 2.12. The summed E-state index contributed by atoms with van der Waals surface area (Å²) in [6, 6.07) is 21.7. The zero-order valence-electron chi connectivity index (χ0n) is 15.1. The molecule has 6 nitrogen and oxygen atoms in total. The fourth-order valence-corrected chi connectivity index (χ4v) is 3.22. The number of hydrogen-bond donors (Lipinski definition) is 1. The van der Waals surface area contributed by atoms with E-state index in [0.29, 0.717) is 16.9 Å². The predicted octanol–water partition coefficient (Wildman–Crippen LogP) is 3.53. The number of benzene rings is 3. The van der Waals surface area contributed by atoms with Crippen LogP contribution in [-0.2, 0) is 10.0 Å². The maximum atomic E-state index is 12.2. The van der Waals surface area contributed by atoms with Gasteiger partial charge in [0.15, 0.2) is 0 Å². The monoisotopic (exact) mass is 394 g/mol. The first-order chi connectivity index (χ1) is 13.5. The summed E-state index contributed by atoms with van der Waals surface area (Å²) in [6.07, 6.45) is 1.37. The maximum absolute atomic E-state index is 12.2. The molecule has 0 radical (unpaired) electrons. The lowest BCUT2D eigenvalue weighted by Gasteiger charge is -2.06. The molecule has 3 aromatic carbocycles. The summed E-state index contributed by atoms with van der Waals surface area (Å²) < 4.78 is 29.5. The molecule has 0 atom stereocenters. The number of sulfonamides is 1. The highest BCUT2D eigenvalue weighted by atomic mass is 32.2. The summed E-state index contributed by atoms with van der Waals surface area (Å²) in [5.41, 5.74) is 1.98. The fraction of sp³-hybridized carbons (Fsp3) is 0.0476. The molecule has 0 heterocycles. The molecule has 0 spiro atoms. The van der Waals surface area contributed by atoms with Crippen LogP contribution in [-0.4, -0.2) is 20.6 Å². The highest BCUT2D eigenvalue weighted by molar-refractivity contribution is 7.89. The zero-order valence-corrected chi connectivity index (χ0v) is 15.9. The molecule has 0 unspecified atom stereocenters. The minimum absolute atomic E-state index is 0.130. The highest BCUT2D eigenvalue weighted by Crippen LogP contribution is 2.15. The summed E-state index contributed by atoms with van der Waals surface area (Å²) in [5.74, 6) is -0.0505. The number of rotatable bonds is 6. The summed E-state index contributed by atoms with van der Waals surface area (Å²) in [6.45, 7) is 1.84. The third kappa shape index (κ3) is 4.83. The molecule has 28 heavy (non-hydrogen) atoms. The van der Waals surface area contributed by atoms with Crippen molar-refractivity contribution < 1.29 is 17.9 Å². The Hall–Kier alpha value is -3.45. The Morgan fingerprint density at radius 3 is 2.25 bits per heavy atom. The van der Waals surface area contributed by atoms with Crippen molar-refractivity contribution in [2.45, 2.75) is 11.8 Å². The fourth-order valence-electron chi connectivity index (χ4n) is 2.41. The van der Waals surface area contributed by atoms with Crippen LogP contribution in [0.4, 0.5) is 0 Å². The molecule has 0 aliphatic rings. The molecule has 0 saturated heterocycles. The molecule has 0 aromatic heterocycles. The summed E-state index contributed by atoms with van der Waals surface area (Å²) in [5, 5.41) is 3.77. The summed E-state index contributed by atoms with van der Waals surface area (Å²) >= 11 is 0. The lowest BCUT2D eigenvalue weighted by atomic mass is 10.1. The zero-order chi connectivity index (χ0) is 20.0. The van der Waals surface area contributed by atoms with Gasteiger partial charge in [-0.05, 0) is 60.5 Å². The molecule has 0 fully saturated rings. The van der Waals surface area contributed by atoms with Crippen molar-refractivity contribution in [3.05, 3.63) is 95.6 Å². The molecule has 0 aliphatic heterocycles. The standard InChI is InChI=1S/C21H18N2O4S/c1-16-7-5-6-10-20(16)21(24)27-18-13-11-17(12-14-18)15-22-23-28(25,26)19-8-3-2-4-9-19/h2-15,23H,1H3/b22-15-. The van der Waals surface area contributed by atoms with Gasteiger partial charge in [-0.15, -0.1) is 0 Å². The van der Waals surface area contributed by atoms with Gasteiger partial charge in [0.2, 0.25) is 0 Å². The number of carbonyl (C=O) groups is 1. The molecular weight excluding hydrogens is 376 g/mol. The van der Waals surface area contributed by atoms with Gasteiger partial charge in [0, 0.05) is 0 Å². The quantitative estimate of drug-likeness (QED) is 0.300. The number of hydrazone groups is 1.